The number of fused-ring (bicyclic) bond motifs is 2. The number of carbonyl (C=O) groups is 2. The molecule has 2 heterocycles. The number of nitrogens with zero attached hydrogens (tertiary/aromatic N) is 2. The first-order valence-electron chi connectivity index (χ1n) is 20.3. The molecule has 8 rings (SSSR count). The molecular weight excluding hydrogens is 767 g/mol. The average molecular weight is 818 g/mol. The number of aryl methyl sites for hydroxylation is 3. The highest BCUT2D eigenvalue weighted by Gasteiger charge is 2.29. The molecule has 2 aliphatic rings. The van der Waals surface area contributed by atoms with Gasteiger partial charge in [0.15, 0.2) is 0 Å². The third-order valence-corrected chi connectivity index (χ3v) is 13.3. The molecule has 0 aliphatic heterocycles. The number of nitrogens with one attached hydrogen (secondary N) is 3. The molecule has 2 aliphatic carbocycles. The van der Waals surface area contributed by atoms with Gasteiger partial charge in [0.25, 0.3) is 0 Å². The molecule has 13 heteroatoms. The molecule has 0 atom stereocenters. The molecule has 6 aromatic rings. The smallest absolute Gasteiger partial charge is 0.411 e. The minimum absolute atomic E-state index is 0.0540. The van der Waals surface area contributed by atoms with E-state index in [-0.39, 0.29) is 23.6 Å². The number of benzene rings is 4. The predicted octanol–water partition coefficient (Wildman–Crippen LogP) is 9.63. The molecule has 308 valence electrons. The summed E-state index contributed by atoms with van der Waals surface area (Å²) in [5.74, 6) is 0.150. The molecule has 2 fully saturated rings. The lowest BCUT2D eigenvalue weighted by atomic mass is 9.83. The molecule has 2 amide bonds. The lowest BCUT2D eigenvalue weighted by Gasteiger charge is -2.21. The van der Waals surface area contributed by atoms with Crippen LogP contribution in [-0.4, -0.2) is 49.1 Å². The summed E-state index contributed by atoms with van der Waals surface area (Å²) < 4.78 is 51.1. The Morgan fingerprint density at radius 1 is 0.712 bits per heavy atom. The third kappa shape index (κ3) is 8.53. The summed E-state index contributed by atoms with van der Waals surface area (Å²) in [5.41, 5.74) is 7.26. The van der Waals surface area contributed by atoms with E-state index < -0.39 is 28.1 Å². The van der Waals surface area contributed by atoms with E-state index in [4.69, 9.17) is 14.2 Å². The quantitative estimate of drug-likeness (QED) is 0.112. The normalized spacial score (nSPS) is 15.0. The molecule has 2 saturated carbocycles. The molecular formula is C46H51N5O7S. The maximum atomic E-state index is 13.3. The van der Waals surface area contributed by atoms with E-state index in [1.807, 2.05) is 74.8 Å². The summed E-state index contributed by atoms with van der Waals surface area (Å²) in [7, 11) is 1.82. The van der Waals surface area contributed by atoms with E-state index in [2.05, 4.69) is 36.9 Å². The zero-order valence-corrected chi connectivity index (χ0v) is 34.7. The molecule has 12 nitrogen and oxygen atoms in total. The van der Waals surface area contributed by atoms with Crippen molar-refractivity contribution in [3.63, 3.8) is 0 Å². The number of aromatic nitrogens is 2. The lowest BCUT2D eigenvalue weighted by Crippen LogP contribution is -2.24. The van der Waals surface area contributed by atoms with Crippen molar-refractivity contribution >= 4 is 55.4 Å². The van der Waals surface area contributed by atoms with Crippen molar-refractivity contribution in [2.75, 3.05) is 17.7 Å². The predicted molar refractivity (Wildman–Crippen MR) is 230 cm³/mol. The molecule has 0 radical (unpaired) electrons. The fourth-order valence-corrected chi connectivity index (χ4v) is 10.1. The first kappa shape index (κ1) is 40.0. The Labute approximate surface area is 344 Å². The van der Waals surface area contributed by atoms with Gasteiger partial charge in [0, 0.05) is 77.7 Å². The van der Waals surface area contributed by atoms with Gasteiger partial charge in [0.05, 0.1) is 12.0 Å². The average Bonchev–Trinajstić information content (AvgIpc) is 4.04. The molecule has 0 bridgehead atoms. The van der Waals surface area contributed by atoms with Gasteiger partial charge in [-0.05, 0) is 129 Å². The number of sulfonamides is 1. The standard InChI is InChI=1S/C46H51N5O7S/c1-29-11-5-10-16-43(29)59(54,55)47-26-30-17-20-35(42(23-30)56-4)44(38-27-50(2)40-21-18-31(24-36(38)40)48-45(52)57-33-12-6-7-13-33)39-28-51(3)41-22-19-32(25-37(39)41)49-46(53)58-34-14-8-9-15-34/h5,10-11,16-25,27-28,33-34,44,47H,6-9,12-15,26H2,1-4H3,(H,48,52)(H,49,53). The Bertz CT molecular complexity index is 2520. The van der Waals surface area contributed by atoms with Crippen molar-refractivity contribution < 1.29 is 32.2 Å². The highest BCUT2D eigenvalue weighted by molar-refractivity contribution is 7.89. The van der Waals surface area contributed by atoms with Crippen LogP contribution in [0.4, 0.5) is 21.0 Å². The maximum Gasteiger partial charge on any atom is 0.411 e. The van der Waals surface area contributed by atoms with Gasteiger partial charge in [-0.1, -0.05) is 30.3 Å². The molecule has 59 heavy (non-hydrogen) atoms. The highest BCUT2D eigenvalue weighted by atomic mass is 32.2. The Hall–Kier alpha value is -5.79. The van der Waals surface area contributed by atoms with Gasteiger partial charge in [-0.25, -0.2) is 22.7 Å². The van der Waals surface area contributed by atoms with Crippen LogP contribution in [-0.2, 0) is 40.1 Å². The van der Waals surface area contributed by atoms with E-state index in [1.54, 1.807) is 32.2 Å². The number of hydrogen-bond donors (Lipinski definition) is 3. The van der Waals surface area contributed by atoms with Crippen molar-refractivity contribution in [2.24, 2.45) is 14.1 Å². The van der Waals surface area contributed by atoms with Crippen molar-refractivity contribution in [2.45, 2.75) is 87.9 Å². The zero-order valence-electron chi connectivity index (χ0n) is 33.9. The second kappa shape index (κ2) is 16.8. The van der Waals surface area contributed by atoms with Crippen LogP contribution in [0.25, 0.3) is 21.8 Å². The van der Waals surface area contributed by atoms with Crippen LogP contribution in [0.5, 0.6) is 5.75 Å². The van der Waals surface area contributed by atoms with Gasteiger partial charge >= 0.3 is 12.2 Å². The summed E-state index contributed by atoms with van der Waals surface area (Å²) in [6.07, 6.45) is 10.8. The van der Waals surface area contributed by atoms with Crippen molar-refractivity contribution in [3.8, 4) is 5.75 Å². The van der Waals surface area contributed by atoms with E-state index in [0.29, 0.717) is 22.7 Å². The molecule has 3 N–H and O–H groups in total. The SMILES string of the molecule is COc1cc(CNS(=O)(=O)c2ccccc2C)ccc1C(c1cn(C)c2ccc(NC(=O)OC3CCCC3)cc12)c1cn(C)c2ccc(NC(=O)OC3CCCC3)cc12. The largest absolute Gasteiger partial charge is 0.496 e. The topological polar surface area (TPSA) is 142 Å². The van der Waals surface area contributed by atoms with Crippen LogP contribution in [0.2, 0.25) is 0 Å². The Morgan fingerprint density at radius 3 is 1.75 bits per heavy atom. The number of rotatable bonds is 12. The van der Waals surface area contributed by atoms with Crippen LogP contribution in [0.15, 0.2) is 96.2 Å². The van der Waals surface area contributed by atoms with Crippen molar-refractivity contribution in [1.82, 2.24) is 13.9 Å². The summed E-state index contributed by atoms with van der Waals surface area (Å²) >= 11 is 0. The van der Waals surface area contributed by atoms with Crippen molar-refractivity contribution in [3.05, 3.63) is 119 Å². The molecule has 0 saturated heterocycles. The Kier molecular flexibility index (Phi) is 11.4. The van der Waals surface area contributed by atoms with Gasteiger partial charge < -0.3 is 23.3 Å². The molecule has 0 spiro atoms. The van der Waals surface area contributed by atoms with Crippen LogP contribution in [0, 0.1) is 6.92 Å². The van der Waals surface area contributed by atoms with E-state index in [0.717, 1.165) is 95.4 Å². The van der Waals surface area contributed by atoms with Crippen LogP contribution in [0.3, 0.4) is 0 Å². The zero-order chi connectivity index (χ0) is 41.3. The highest BCUT2D eigenvalue weighted by Crippen LogP contribution is 2.45. The van der Waals surface area contributed by atoms with Gasteiger partial charge in [-0.2, -0.15) is 0 Å². The monoisotopic (exact) mass is 817 g/mol. The Morgan fingerprint density at radius 2 is 1.24 bits per heavy atom. The Balaban J connectivity index is 1.20. The number of hydrogen-bond acceptors (Lipinski definition) is 7. The van der Waals surface area contributed by atoms with Crippen molar-refractivity contribution in [1.29, 1.82) is 0 Å². The number of amides is 2. The molecule has 0 unspecified atom stereocenters. The second-order valence-electron chi connectivity index (χ2n) is 15.8. The van der Waals surface area contributed by atoms with Gasteiger partial charge in [0.1, 0.15) is 18.0 Å². The minimum atomic E-state index is -3.78. The number of ether oxygens (including phenoxy) is 3. The maximum absolute atomic E-state index is 13.3. The van der Waals surface area contributed by atoms with E-state index in [1.165, 1.54) is 0 Å². The lowest BCUT2D eigenvalue weighted by molar-refractivity contribution is 0.113. The van der Waals surface area contributed by atoms with E-state index >= 15 is 0 Å². The van der Waals surface area contributed by atoms with Gasteiger partial charge in [0.2, 0.25) is 10.0 Å². The van der Waals surface area contributed by atoms with Crippen LogP contribution >= 0.6 is 0 Å². The number of carbonyl (C=O) groups excluding carboxylic acids is 2. The fourth-order valence-electron chi connectivity index (χ4n) is 8.79. The fraction of sp³-hybridized carbons (Fsp3) is 0.348. The number of methoxy groups -OCH3 is 1. The molecule has 2 aromatic heterocycles. The van der Waals surface area contributed by atoms with E-state index in [9.17, 15) is 18.0 Å². The minimum Gasteiger partial charge on any atom is -0.496 e. The molecule has 4 aromatic carbocycles. The van der Waals surface area contributed by atoms with Crippen LogP contribution < -0.4 is 20.1 Å². The third-order valence-electron chi connectivity index (χ3n) is 11.8. The number of anilines is 2. The van der Waals surface area contributed by atoms with Crippen LogP contribution in [0.1, 0.15) is 85.1 Å². The summed E-state index contributed by atoms with van der Waals surface area (Å²) in [4.78, 5) is 26.3. The van der Waals surface area contributed by atoms with Gasteiger partial charge in [-0.15, -0.1) is 0 Å². The first-order valence-corrected chi connectivity index (χ1v) is 21.8. The summed E-state index contributed by atoms with van der Waals surface area (Å²) in [6.45, 7) is 1.83. The second-order valence-corrected chi connectivity index (χ2v) is 17.6. The summed E-state index contributed by atoms with van der Waals surface area (Å²) in [5, 5.41) is 7.76. The van der Waals surface area contributed by atoms with Gasteiger partial charge in [-0.3, -0.25) is 10.6 Å². The first-order chi connectivity index (χ1) is 28.5. The summed E-state index contributed by atoms with van der Waals surface area (Å²) in [6, 6.07) is 24.4.